The summed E-state index contributed by atoms with van der Waals surface area (Å²) >= 11 is 0. The first-order chi connectivity index (χ1) is 21.8. The molecule has 2 amide bonds. The molecule has 0 radical (unpaired) electrons. The predicted octanol–water partition coefficient (Wildman–Crippen LogP) is 7.52. The molecule has 0 saturated heterocycles. The first-order valence-corrected chi connectivity index (χ1v) is 18.0. The van der Waals surface area contributed by atoms with Gasteiger partial charge in [-0.3, -0.25) is 4.79 Å². The molecule has 1 unspecified atom stereocenters. The fourth-order valence-corrected chi connectivity index (χ4v) is 6.14. The number of amides is 2. The van der Waals surface area contributed by atoms with Gasteiger partial charge in [0.15, 0.2) is 9.84 Å². The molecule has 1 rings (SSSR count). The molecular formula is C36H62FN3O5S. The van der Waals surface area contributed by atoms with Crippen LogP contribution in [0.25, 0.3) is 0 Å². The second-order valence-electron chi connectivity index (χ2n) is 11.0. The van der Waals surface area contributed by atoms with Crippen LogP contribution < -0.4 is 16.0 Å². The lowest BCUT2D eigenvalue weighted by Crippen LogP contribution is -2.51. The fraction of sp³-hybridized carbons (Fsp3) is 0.611. The summed E-state index contributed by atoms with van der Waals surface area (Å²) in [6, 6.07) is 7.94. The van der Waals surface area contributed by atoms with Crippen molar-refractivity contribution in [2.45, 2.75) is 112 Å². The van der Waals surface area contributed by atoms with Gasteiger partial charge in [-0.15, -0.1) is 12.8 Å². The van der Waals surface area contributed by atoms with Gasteiger partial charge in [0.05, 0.1) is 11.0 Å². The standard InChI is InChI=1S/C26H45N3O5S.C6H9F.C2H6.C2H2/c1-5-11-23(12-6-2)35(32,33)20-24(25(30)28-17-10-16-27-18-15-21(3)4)29-26(31)34-19-22-13-8-7-9-14-22;1-5(2)4-6(3)7;2*1-2/h7-9,13-14,21,23-24,27H,5-6,10-12,15-20H2,1-4H3,(H,28,30)(H,29,31);4H,3H2,1-2H3;1-2H3;1-2H. The lowest BCUT2D eigenvalue weighted by Gasteiger charge is -2.22. The SMILES string of the molecule is C#C.C=C(F)C=C(C)C.CC.CCCC(CCC)S(=O)(=O)CC(NC(=O)OCc1ccccc1)C(=O)NCCCNCCC(C)C. The smallest absolute Gasteiger partial charge is 0.408 e. The molecule has 8 nitrogen and oxygen atoms in total. The van der Waals surface area contributed by atoms with Gasteiger partial charge in [0.25, 0.3) is 0 Å². The quantitative estimate of drug-likeness (QED) is 0.0799. The van der Waals surface area contributed by atoms with Crippen LogP contribution in [0.3, 0.4) is 0 Å². The Morgan fingerprint density at radius 1 is 0.978 bits per heavy atom. The Balaban J connectivity index is -0.00000145. The van der Waals surface area contributed by atoms with Crippen LogP contribution in [0.1, 0.15) is 99.5 Å². The van der Waals surface area contributed by atoms with Gasteiger partial charge in [0.1, 0.15) is 18.5 Å². The molecule has 10 heteroatoms. The second-order valence-corrected chi connectivity index (χ2v) is 13.4. The number of hydrogen-bond acceptors (Lipinski definition) is 6. The number of terminal acetylenes is 1. The number of nitrogens with one attached hydrogen (secondary N) is 3. The second kappa shape index (κ2) is 30.5. The van der Waals surface area contributed by atoms with Gasteiger partial charge in [-0.1, -0.05) is 96.9 Å². The highest BCUT2D eigenvalue weighted by Crippen LogP contribution is 2.17. The Hall–Kier alpha value is -3.16. The van der Waals surface area contributed by atoms with E-state index < -0.39 is 38.9 Å². The van der Waals surface area contributed by atoms with Crippen molar-refractivity contribution in [2.75, 3.05) is 25.4 Å². The van der Waals surface area contributed by atoms with E-state index in [9.17, 15) is 22.4 Å². The summed E-state index contributed by atoms with van der Waals surface area (Å²) < 4.78 is 43.1. The lowest BCUT2D eigenvalue weighted by atomic mass is 10.1. The highest BCUT2D eigenvalue weighted by molar-refractivity contribution is 7.92. The van der Waals surface area contributed by atoms with E-state index in [1.807, 2.05) is 71.9 Å². The molecule has 0 aliphatic carbocycles. The van der Waals surface area contributed by atoms with Crippen molar-refractivity contribution in [3.8, 4) is 12.8 Å². The molecule has 0 aliphatic heterocycles. The molecule has 0 saturated carbocycles. The molecule has 1 atom stereocenters. The van der Waals surface area contributed by atoms with E-state index >= 15 is 0 Å². The molecular weight excluding hydrogens is 605 g/mol. The van der Waals surface area contributed by atoms with Gasteiger partial charge in [-0.05, 0) is 70.2 Å². The summed E-state index contributed by atoms with van der Waals surface area (Å²) in [6.45, 7) is 21.0. The Bertz CT molecular complexity index is 1080. The zero-order valence-corrected chi connectivity index (χ0v) is 30.5. The van der Waals surface area contributed by atoms with Crippen LogP contribution >= 0.6 is 0 Å². The Labute approximate surface area is 280 Å². The lowest BCUT2D eigenvalue weighted by molar-refractivity contribution is -0.122. The highest BCUT2D eigenvalue weighted by Gasteiger charge is 2.32. The number of benzene rings is 1. The third kappa shape index (κ3) is 27.2. The molecule has 264 valence electrons. The number of allylic oxidation sites excluding steroid dienone is 3. The molecule has 1 aromatic carbocycles. The molecule has 0 aromatic heterocycles. The van der Waals surface area contributed by atoms with Crippen molar-refractivity contribution in [3.63, 3.8) is 0 Å². The van der Waals surface area contributed by atoms with Gasteiger partial charge in [-0.2, -0.15) is 0 Å². The number of carbonyl (C=O) groups excluding carboxylic acids is 2. The van der Waals surface area contributed by atoms with Crippen molar-refractivity contribution in [1.82, 2.24) is 16.0 Å². The zero-order chi connectivity index (χ0) is 36.0. The number of ether oxygens (including phenoxy) is 1. The summed E-state index contributed by atoms with van der Waals surface area (Å²) in [4.78, 5) is 25.3. The van der Waals surface area contributed by atoms with Crippen molar-refractivity contribution < 1.29 is 27.1 Å². The first-order valence-electron chi connectivity index (χ1n) is 16.3. The Morgan fingerprint density at radius 2 is 1.54 bits per heavy atom. The minimum absolute atomic E-state index is 0.0318. The molecule has 0 fully saturated rings. The van der Waals surface area contributed by atoms with Crippen molar-refractivity contribution in [2.24, 2.45) is 5.92 Å². The van der Waals surface area contributed by atoms with Crippen LogP contribution in [-0.4, -0.2) is 57.1 Å². The van der Waals surface area contributed by atoms with E-state index in [4.69, 9.17) is 4.74 Å². The molecule has 0 spiro atoms. The van der Waals surface area contributed by atoms with E-state index in [0.717, 1.165) is 43.5 Å². The summed E-state index contributed by atoms with van der Waals surface area (Å²) in [5.41, 5.74) is 1.74. The number of rotatable bonds is 19. The topological polar surface area (TPSA) is 114 Å². The van der Waals surface area contributed by atoms with Crippen molar-refractivity contribution in [3.05, 3.63) is 60.0 Å². The van der Waals surface area contributed by atoms with E-state index in [1.54, 1.807) is 0 Å². The number of sulfone groups is 1. The van der Waals surface area contributed by atoms with Crippen molar-refractivity contribution in [1.29, 1.82) is 0 Å². The number of carbonyl (C=O) groups is 2. The number of hydrogen-bond donors (Lipinski definition) is 3. The van der Waals surface area contributed by atoms with Gasteiger partial charge >= 0.3 is 6.09 Å². The third-order valence-corrected chi connectivity index (χ3v) is 8.41. The van der Waals surface area contributed by atoms with E-state index in [0.29, 0.717) is 31.7 Å². The van der Waals surface area contributed by atoms with Crippen LogP contribution in [0.4, 0.5) is 9.18 Å². The number of alkyl carbamates (subject to hydrolysis) is 1. The van der Waals surface area contributed by atoms with Crippen LogP contribution in [0.15, 0.2) is 54.4 Å². The van der Waals surface area contributed by atoms with E-state index in [1.165, 1.54) is 6.08 Å². The first kappa shape index (κ1) is 47.2. The Morgan fingerprint density at radius 3 is 2.00 bits per heavy atom. The molecule has 0 heterocycles. The predicted molar refractivity (Wildman–Crippen MR) is 192 cm³/mol. The summed E-state index contributed by atoms with van der Waals surface area (Å²) in [7, 11) is -3.60. The van der Waals surface area contributed by atoms with Crippen LogP contribution in [0.5, 0.6) is 0 Å². The van der Waals surface area contributed by atoms with Gasteiger partial charge in [-0.25, -0.2) is 17.6 Å². The summed E-state index contributed by atoms with van der Waals surface area (Å²) in [5.74, 6) is -0.711. The maximum atomic E-state index is 13.1. The highest BCUT2D eigenvalue weighted by atomic mass is 32.2. The monoisotopic (exact) mass is 667 g/mol. The van der Waals surface area contributed by atoms with Gasteiger partial charge in [0, 0.05) is 6.54 Å². The van der Waals surface area contributed by atoms with Crippen LogP contribution in [-0.2, 0) is 26.0 Å². The molecule has 46 heavy (non-hydrogen) atoms. The molecule has 0 aliphatic rings. The molecule has 0 bridgehead atoms. The average molecular weight is 668 g/mol. The summed E-state index contributed by atoms with van der Waals surface area (Å²) in [6.07, 6.45) is 12.9. The summed E-state index contributed by atoms with van der Waals surface area (Å²) in [5, 5.41) is 8.06. The maximum absolute atomic E-state index is 13.1. The van der Waals surface area contributed by atoms with Gasteiger partial charge in [0.2, 0.25) is 5.91 Å². The Kier molecular flexibility index (Phi) is 31.3. The minimum Gasteiger partial charge on any atom is -0.445 e. The van der Waals surface area contributed by atoms with Gasteiger partial charge < -0.3 is 20.7 Å². The van der Waals surface area contributed by atoms with Crippen molar-refractivity contribution >= 4 is 21.8 Å². The average Bonchev–Trinajstić information content (AvgIpc) is 3.01. The van der Waals surface area contributed by atoms with E-state index in [-0.39, 0.29) is 12.4 Å². The maximum Gasteiger partial charge on any atom is 0.408 e. The van der Waals surface area contributed by atoms with E-state index in [2.05, 4.69) is 49.2 Å². The zero-order valence-electron chi connectivity index (χ0n) is 29.7. The van der Waals surface area contributed by atoms with Crippen LogP contribution in [0, 0.1) is 18.8 Å². The molecule has 1 aromatic rings. The fourth-order valence-electron chi connectivity index (χ4n) is 3.98. The normalized spacial score (nSPS) is 10.9. The largest absolute Gasteiger partial charge is 0.445 e. The molecule has 3 N–H and O–H groups in total. The van der Waals surface area contributed by atoms with Crippen LogP contribution in [0.2, 0.25) is 0 Å². The third-order valence-electron chi connectivity index (χ3n) is 6.12. The minimum atomic E-state index is -3.60. The number of halogens is 1.